The van der Waals surface area contributed by atoms with E-state index in [9.17, 15) is 9.90 Å². The minimum atomic E-state index is -0.383. The second kappa shape index (κ2) is 6.61. The van der Waals surface area contributed by atoms with E-state index in [-0.39, 0.29) is 12.1 Å². The van der Waals surface area contributed by atoms with E-state index in [1.807, 2.05) is 37.2 Å². The van der Waals surface area contributed by atoms with Crippen molar-refractivity contribution in [3.05, 3.63) is 29.8 Å². The average Bonchev–Trinajstić information content (AvgIpc) is 2.45. The molecule has 2 N–H and O–H groups in total. The van der Waals surface area contributed by atoms with Gasteiger partial charge in [-0.2, -0.15) is 0 Å². The number of hydrogen-bond donors (Lipinski definition) is 2. The number of carbonyl (C=O) groups is 1. The predicted molar refractivity (Wildman–Crippen MR) is 79.8 cm³/mol. The van der Waals surface area contributed by atoms with Crippen LogP contribution in [0.2, 0.25) is 0 Å². The Morgan fingerprint density at radius 1 is 1.50 bits per heavy atom. The zero-order valence-corrected chi connectivity index (χ0v) is 12.2. The second-order valence-electron chi connectivity index (χ2n) is 5.47. The summed E-state index contributed by atoms with van der Waals surface area (Å²) >= 11 is 0. The van der Waals surface area contributed by atoms with Gasteiger partial charge in [-0.3, -0.25) is 0 Å². The lowest BCUT2D eigenvalue weighted by Gasteiger charge is -2.30. The molecule has 0 aliphatic carbocycles. The molecule has 1 aromatic rings. The largest absolute Gasteiger partial charge is 0.391 e. The summed E-state index contributed by atoms with van der Waals surface area (Å²) in [7, 11) is 3.99. The Morgan fingerprint density at radius 3 is 3.00 bits per heavy atom. The monoisotopic (exact) mass is 277 g/mol. The third-order valence-corrected chi connectivity index (χ3v) is 3.55. The van der Waals surface area contributed by atoms with Gasteiger partial charge in [-0.25, -0.2) is 4.79 Å². The van der Waals surface area contributed by atoms with Crippen molar-refractivity contribution in [2.45, 2.75) is 25.5 Å². The first-order valence-electron chi connectivity index (χ1n) is 7.03. The van der Waals surface area contributed by atoms with Crippen LogP contribution >= 0.6 is 0 Å². The molecule has 1 aliphatic heterocycles. The number of amides is 2. The molecule has 0 spiro atoms. The van der Waals surface area contributed by atoms with Gasteiger partial charge in [0, 0.05) is 39.4 Å². The number of urea groups is 1. The summed E-state index contributed by atoms with van der Waals surface area (Å²) in [6, 6.07) is 7.98. The Labute approximate surface area is 120 Å². The fourth-order valence-corrected chi connectivity index (χ4v) is 2.37. The number of anilines is 1. The first kappa shape index (κ1) is 14.7. The molecule has 5 nitrogen and oxygen atoms in total. The van der Waals surface area contributed by atoms with Crippen LogP contribution in [0.1, 0.15) is 18.4 Å². The smallest absolute Gasteiger partial charge is 0.317 e. The molecule has 110 valence electrons. The number of nitrogens with one attached hydrogen (secondary N) is 1. The van der Waals surface area contributed by atoms with E-state index in [1.165, 1.54) is 0 Å². The number of rotatable bonds is 3. The standard InChI is InChI=1S/C15H23N3O2/c1-17(2)13-6-3-5-12(9-13)10-16-15(20)18-8-4-7-14(19)11-18/h3,5-6,9,14,19H,4,7-8,10-11H2,1-2H3,(H,16,20). The quantitative estimate of drug-likeness (QED) is 0.878. The van der Waals surface area contributed by atoms with Crippen molar-refractivity contribution in [1.29, 1.82) is 0 Å². The maximum atomic E-state index is 12.0. The lowest BCUT2D eigenvalue weighted by atomic mass is 10.1. The Balaban J connectivity index is 1.88. The van der Waals surface area contributed by atoms with Gasteiger partial charge in [0.05, 0.1) is 6.10 Å². The van der Waals surface area contributed by atoms with Gasteiger partial charge in [0.15, 0.2) is 0 Å². The fraction of sp³-hybridized carbons (Fsp3) is 0.533. The molecule has 1 fully saturated rings. The lowest BCUT2D eigenvalue weighted by Crippen LogP contribution is -2.46. The highest BCUT2D eigenvalue weighted by Crippen LogP contribution is 2.14. The molecule has 1 unspecified atom stereocenters. The van der Waals surface area contributed by atoms with E-state index >= 15 is 0 Å². The van der Waals surface area contributed by atoms with Crippen LogP contribution in [0, 0.1) is 0 Å². The van der Waals surface area contributed by atoms with Crippen LogP contribution in [0.3, 0.4) is 0 Å². The summed E-state index contributed by atoms with van der Waals surface area (Å²) in [5, 5.41) is 12.5. The zero-order chi connectivity index (χ0) is 14.5. The van der Waals surface area contributed by atoms with Crippen molar-refractivity contribution >= 4 is 11.7 Å². The molecule has 5 heteroatoms. The van der Waals surface area contributed by atoms with Crippen LogP contribution in [-0.2, 0) is 6.54 Å². The molecule has 1 aliphatic rings. The Hall–Kier alpha value is -1.75. The highest BCUT2D eigenvalue weighted by molar-refractivity contribution is 5.74. The SMILES string of the molecule is CN(C)c1cccc(CNC(=O)N2CCCC(O)C2)c1. The first-order chi connectivity index (χ1) is 9.56. The van der Waals surface area contributed by atoms with Crippen molar-refractivity contribution < 1.29 is 9.90 Å². The van der Waals surface area contributed by atoms with E-state index in [0.717, 1.165) is 30.6 Å². The molecule has 0 aromatic heterocycles. The lowest BCUT2D eigenvalue weighted by molar-refractivity contribution is 0.0842. The molecule has 0 saturated carbocycles. The summed E-state index contributed by atoms with van der Waals surface area (Å²) in [4.78, 5) is 15.7. The van der Waals surface area contributed by atoms with E-state index in [2.05, 4.69) is 11.4 Å². The summed E-state index contributed by atoms with van der Waals surface area (Å²) in [5.41, 5.74) is 2.19. The summed E-state index contributed by atoms with van der Waals surface area (Å²) in [6.07, 6.45) is 1.27. The van der Waals surface area contributed by atoms with Crippen LogP contribution in [0.25, 0.3) is 0 Å². The second-order valence-corrected chi connectivity index (χ2v) is 5.47. The van der Waals surface area contributed by atoms with E-state index < -0.39 is 0 Å². The van der Waals surface area contributed by atoms with Crippen molar-refractivity contribution in [2.24, 2.45) is 0 Å². The van der Waals surface area contributed by atoms with Crippen LogP contribution in [0.4, 0.5) is 10.5 Å². The van der Waals surface area contributed by atoms with Crippen LogP contribution < -0.4 is 10.2 Å². The van der Waals surface area contributed by atoms with E-state index in [0.29, 0.717) is 13.1 Å². The summed E-state index contributed by atoms with van der Waals surface area (Å²) in [6.45, 7) is 1.66. The molecule has 1 atom stereocenters. The minimum Gasteiger partial charge on any atom is -0.391 e. The highest BCUT2D eigenvalue weighted by atomic mass is 16.3. The number of benzene rings is 1. The first-order valence-corrected chi connectivity index (χ1v) is 7.03. The third-order valence-electron chi connectivity index (χ3n) is 3.55. The number of nitrogens with zero attached hydrogens (tertiary/aromatic N) is 2. The fourth-order valence-electron chi connectivity index (χ4n) is 2.37. The topological polar surface area (TPSA) is 55.8 Å². The number of hydrogen-bond acceptors (Lipinski definition) is 3. The normalized spacial score (nSPS) is 18.8. The zero-order valence-electron chi connectivity index (χ0n) is 12.2. The van der Waals surface area contributed by atoms with Gasteiger partial charge in [0.2, 0.25) is 0 Å². The van der Waals surface area contributed by atoms with Crippen LogP contribution in [0.15, 0.2) is 24.3 Å². The molecule has 20 heavy (non-hydrogen) atoms. The molecule has 0 radical (unpaired) electrons. The van der Waals surface area contributed by atoms with E-state index in [1.54, 1.807) is 4.90 Å². The van der Waals surface area contributed by atoms with Crippen molar-refractivity contribution in [3.63, 3.8) is 0 Å². The number of β-amino-alcohol motifs (C(OH)–C–C–N with tert-alkyl or cyclic N) is 1. The number of piperidine rings is 1. The van der Waals surface area contributed by atoms with Crippen molar-refractivity contribution in [2.75, 3.05) is 32.1 Å². The van der Waals surface area contributed by atoms with Gasteiger partial charge in [0.25, 0.3) is 0 Å². The number of carbonyl (C=O) groups excluding carboxylic acids is 1. The van der Waals surface area contributed by atoms with Gasteiger partial charge >= 0.3 is 6.03 Å². The van der Waals surface area contributed by atoms with Gasteiger partial charge in [-0.05, 0) is 30.5 Å². The van der Waals surface area contributed by atoms with E-state index in [4.69, 9.17) is 0 Å². The number of likely N-dealkylation sites (tertiary alicyclic amines) is 1. The predicted octanol–water partition coefficient (Wildman–Crippen LogP) is 1.42. The summed E-state index contributed by atoms with van der Waals surface area (Å²) in [5.74, 6) is 0. The maximum absolute atomic E-state index is 12.0. The van der Waals surface area contributed by atoms with Crippen molar-refractivity contribution in [3.8, 4) is 0 Å². The molecule has 1 aromatic carbocycles. The number of aliphatic hydroxyl groups is 1. The summed E-state index contributed by atoms with van der Waals surface area (Å²) < 4.78 is 0. The van der Waals surface area contributed by atoms with Gasteiger partial charge in [-0.15, -0.1) is 0 Å². The van der Waals surface area contributed by atoms with Gasteiger partial charge in [0.1, 0.15) is 0 Å². The van der Waals surface area contributed by atoms with Crippen LogP contribution in [0.5, 0.6) is 0 Å². The molecule has 1 heterocycles. The molecular formula is C15H23N3O2. The Bertz CT molecular complexity index is 462. The maximum Gasteiger partial charge on any atom is 0.317 e. The number of aliphatic hydroxyl groups excluding tert-OH is 1. The third kappa shape index (κ3) is 3.87. The molecule has 2 rings (SSSR count). The molecule has 1 saturated heterocycles. The van der Waals surface area contributed by atoms with Crippen LogP contribution in [-0.4, -0.2) is 49.3 Å². The van der Waals surface area contributed by atoms with Gasteiger partial charge in [-0.1, -0.05) is 12.1 Å². The van der Waals surface area contributed by atoms with Gasteiger partial charge < -0.3 is 20.2 Å². The van der Waals surface area contributed by atoms with Crippen molar-refractivity contribution in [1.82, 2.24) is 10.2 Å². The average molecular weight is 277 g/mol. The molecule has 2 amide bonds. The molecular weight excluding hydrogens is 254 g/mol. The highest BCUT2D eigenvalue weighted by Gasteiger charge is 2.21. The molecule has 0 bridgehead atoms. The minimum absolute atomic E-state index is 0.0981. The Kier molecular flexibility index (Phi) is 4.84. The Morgan fingerprint density at radius 2 is 2.30 bits per heavy atom.